The first-order valence-corrected chi connectivity index (χ1v) is 11.2. The predicted molar refractivity (Wildman–Crippen MR) is 120 cm³/mol. The summed E-state index contributed by atoms with van der Waals surface area (Å²) in [6, 6.07) is 6.86. The number of para-hydroxylation sites is 1. The number of nitrogens with one attached hydrogen (secondary N) is 2. The summed E-state index contributed by atoms with van der Waals surface area (Å²) in [6.45, 7) is 0.854. The molecule has 0 aliphatic rings. The molecule has 166 valence electrons. The third-order valence-corrected chi connectivity index (χ3v) is 5.48. The summed E-state index contributed by atoms with van der Waals surface area (Å²) in [5.74, 6) is -1.18. The third kappa shape index (κ3) is 8.57. The minimum atomic E-state index is -1.00. The van der Waals surface area contributed by atoms with Crippen LogP contribution in [0.4, 0.5) is 0 Å². The summed E-state index contributed by atoms with van der Waals surface area (Å²) in [6.07, 6.45) is 12.8. The van der Waals surface area contributed by atoms with Crippen LogP contribution in [0.5, 0.6) is 0 Å². The van der Waals surface area contributed by atoms with E-state index in [1.54, 1.807) is 7.11 Å². The molecule has 30 heavy (non-hydrogen) atoms. The van der Waals surface area contributed by atoms with Crippen LogP contribution in [0.15, 0.2) is 30.5 Å². The van der Waals surface area contributed by atoms with Crippen molar-refractivity contribution in [2.75, 3.05) is 13.7 Å². The molecule has 0 unspecified atom stereocenters. The first kappa shape index (κ1) is 23.9. The second-order valence-electron chi connectivity index (χ2n) is 7.95. The van der Waals surface area contributed by atoms with Gasteiger partial charge in [-0.15, -0.1) is 0 Å². The molecule has 1 atom stereocenters. The van der Waals surface area contributed by atoms with E-state index in [1.165, 1.54) is 32.1 Å². The Morgan fingerprint density at radius 3 is 2.30 bits per heavy atom. The maximum absolute atomic E-state index is 12.2. The summed E-state index contributed by atoms with van der Waals surface area (Å²) in [5, 5.41) is 13.2. The number of aromatic nitrogens is 1. The second kappa shape index (κ2) is 13.8. The average molecular weight is 417 g/mol. The fourth-order valence-electron chi connectivity index (χ4n) is 3.76. The van der Waals surface area contributed by atoms with Gasteiger partial charge in [0.2, 0.25) is 5.91 Å². The Labute approximate surface area is 179 Å². The molecule has 0 aliphatic carbocycles. The quantitative estimate of drug-likeness (QED) is 0.342. The zero-order valence-corrected chi connectivity index (χ0v) is 18.1. The molecular weight excluding hydrogens is 380 g/mol. The molecule has 2 aromatic rings. The van der Waals surface area contributed by atoms with Gasteiger partial charge in [-0.05, 0) is 24.5 Å². The van der Waals surface area contributed by atoms with Crippen LogP contribution in [-0.4, -0.2) is 41.7 Å². The highest BCUT2D eigenvalue weighted by atomic mass is 16.5. The van der Waals surface area contributed by atoms with Crippen LogP contribution in [0.2, 0.25) is 0 Å². The lowest BCUT2D eigenvalue weighted by atomic mass is 10.0. The lowest BCUT2D eigenvalue weighted by Gasteiger charge is -2.14. The van der Waals surface area contributed by atoms with E-state index in [-0.39, 0.29) is 12.3 Å². The number of carbonyl (C=O) groups excluding carboxylic acids is 1. The van der Waals surface area contributed by atoms with Gasteiger partial charge in [0.25, 0.3) is 0 Å². The lowest BCUT2D eigenvalue weighted by molar-refractivity contribution is -0.141. The normalized spacial score (nSPS) is 12.2. The van der Waals surface area contributed by atoms with Gasteiger partial charge in [0, 0.05) is 43.7 Å². The van der Waals surface area contributed by atoms with Gasteiger partial charge in [-0.3, -0.25) is 4.79 Å². The predicted octanol–water partition coefficient (Wildman–Crippen LogP) is 4.83. The maximum atomic E-state index is 12.2. The van der Waals surface area contributed by atoms with E-state index in [1.807, 2.05) is 30.5 Å². The number of unbranched alkanes of at least 4 members (excludes halogenated alkanes) is 8. The summed E-state index contributed by atoms with van der Waals surface area (Å²) < 4.78 is 5.05. The molecule has 2 rings (SSSR count). The van der Waals surface area contributed by atoms with Gasteiger partial charge in [-0.1, -0.05) is 63.1 Å². The SMILES string of the molecule is COCCCCCCCCCCCC(=O)N[C@@H](Cc1c[nH]c2ccccc12)C(=O)O. The number of benzene rings is 1. The van der Waals surface area contributed by atoms with E-state index in [0.717, 1.165) is 48.8 Å². The first-order valence-electron chi connectivity index (χ1n) is 11.2. The molecule has 0 spiro atoms. The van der Waals surface area contributed by atoms with Crippen molar-refractivity contribution >= 4 is 22.8 Å². The maximum Gasteiger partial charge on any atom is 0.326 e. The number of carboxylic acid groups (broad SMARTS) is 1. The number of methoxy groups -OCH3 is 1. The molecule has 1 aromatic carbocycles. The number of H-pyrrole nitrogens is 1. The Kier molecular flexibility index (Phi) is 11.0. The van der Waals surface area contributed by atoms with Gasteiger partial charge >= 0.3 is 5.97 Å². The van der Waals surface area contributed by atoms with Crippen LogP contribution < -0.4 is 5.32 Å². The van der Waals surface area contributed by atoms with E-state index in [2.05, 4.69) is 10.3 Å². The highest BCUT2D eigenvalue weighted by Gasteiger charge is 2.21. The summed E-state index contributed by atoms with van der Waals surface area (Å²) in [4.78, 5) is 27.0. The zero-order valence-electron chi connectivity index (χ0n) is 18.1. The molecule has 0 aliphatic heterocycles. The van der Waals surface area contributed by atoms with Gasteiger partial charge in [0.15, 0.2) is 0 Å². The highest BCUT2D eigenvalue weighted by molar-refractivity contribution is 5.86. The van der Waals surface area contributed by atoms with Crippen molar-refractivity contribution in [1.29, 1.82) is 0 Å². The number of aliphatic carboxylic acids is 1. The highest BCUT2D eigenvalue weighted by Crippen LogP contribution is 2.19. The molecule has 1 heterocycles. The van der Waals surface area contributed by atoms with E-state index in [9.17, 15) is 14.7 Å². The van der Waals surface area contributed by atoms with Crippen LogP contribution in [-0.2, 0) is 20.7 Å². The lowest BCUT2D eigenvalue weighted by Crippen LogP contribution is -2.42. The number of hydrogen-bond donors (Lipinski definition) is 3. The summed E-state index contributed by atoms with van der Waals surface area (Å²) >= 11 is 0. The Morgan fingerprint density at radius 1 is 1.00 bits per heavy atom. The molecule has 0 saturated heterocycles. The molecule has 0 radical (unpaired) electrons. The van der Waals surface area contributed by atoms with E-state index < -0.39 is 12.0 Å². The summed E-state index contributed by atoms with van der Waals surface area (Å²) in [5.41, 5.74) is 1.87. The van der Waals surface area contributed by atoms with Crippen LogP contribution in [0.3, 0.4) is 0 Å². The van der Waals surface area contributed by atoms with Crippen molar-refractivity contribution in [2.45, 2.75) is 76.7 Å². The van der Waals surface area contributed by atoms with E-state index in [4.69, 9.17) is 4.74 Å². The minimum absolute atomic E-state index is 0.180. The van der Waals surface area contributed by atoms with Crippen molar-refractivity contribution in [1.82, 2.24) is 10.3 Å². The molecule has 0 fully saturated rings. The van der Waals surface area contributed by atoms with Crippen molar-refractivity contribution in [3.63, 3.8) is 0 Å². The van der Waals surface area contributed by atoms with Gasteiger partial charge in [-0.2, -0.15) is 0 Å². The first-order chi connectivity index (χ1) is 14.6. The molecule has 1 amide bonds. The van der Waals surface area contributed by atoms with Crippen molar-refractivity contribution in [3.8, 4) is 0 Å². The Balaban J connectivity index is 1.61. The van der Waals surface area contributed by atoms with Crippen molar-refractivity contribution in [2.24, 2.45) is 0 Å². The topological polar surface area (TPSA) is 91.4 Å². The molecule has 0 saturated carbocycles. The largest absolute Gasteiger partial charge is 0.480 e. The minimum Gasteiger partial charge on any atom is -0.480 e. The third-order valence-electron chi connectivity index (χ3n) is 5.48. The van der Waals surface area contributed by atoms with Crippen LogP contribution in [0.1, 0.15) is 69.8 Å². The van der Waals surface area contributed by atoms with Gasteiger partial charge in [0.05, 0.1) is 0 Å². The fraction of sp³-hybridized carbons (Fsp3) is 0.583. The van der Waals surface area contributed by atoms with Crippen LogP contribution in [0, 0.1) is 0 Å². The molecule has 6 heteroatoms. The van der Waals surface area contributed by atoms with Crippen LogP contribution in [0.25, 0.3) is 10.9 Å². The van der Waals surface area contributed by atoms with Crippen molar-refractivity contribution in [3.05, 3.63) is 36.0 Å². The van der Waals surface area contributed by atoms with Crippen molar-refractivity contribution < 1.29 is 19.4 Å². The molecule has 3 N–H and O–H groups in total. The van der Waals surface area contributed by atoms with Crippen LogP contribution >= 0.6 is 0 Å². The fourth-order valence-corrected chi connectivity index (χ4v) is 3.76. The van der Waals surface area contributed by atoms with Gasteiger partial charge < -0.3 is 20.1 Å². The Hall–Kier alpha value is -2.34. The van der Waals surface area contributed by atoms with Gasteiger partial charge in [-0.25, -0.2) is 4.79 Å². The number of carbonyl (C=O) groups is 2. The molecule has 6 nitrogen and oxygen atoms in total. The summed E-state index contributed by atoms with van der Waals surface area (Å²) in [7, 11) is 1.74. The van der Waals surface area contributed by atoms with E-state index in [0.29, 0.717) is 6.42 Å². The standard InChI is InChI=1S/C24H36N2O4/c1-30-16-12-8-6-4-2-3-5-7-9-15-23(27)26-22(24(28)29)17-19-18-25-21-14-11-10-13-20(19)21/h10-11,13-14,18,22,25H,2-9,12,15-17H2,1H3,(H,26,27)(H,28,29)/t22-/m0/s1. The Morgan fingerprint density at radius 2 is 1.63 bits per heavy atom. The number of fused-ring (bicyclic) bond motifs is 1. The zero-order chi connectivity index (χ0) is 21.6. The number of carboxylic acids is 1. The van der Waals surface area contributed by atoms with E-state index >= 15 is 0 Å². The number of hydrogen-bond acceptors (Lipinski definition) is 3. The molecular formula is C24H36N2O4. The number of ether oxygens (including phenoxy) is 1. The monoisotopic (exact) mass is 416 g/mol. The number of aromatic amines is 1. The number of amides is 1. The average Bonchev–Trinajstić information content (AvgIpc) is 3.14. The smallest absolute Gasteiger partial charge is 0.326 e. The molecule has 1 aromatic heterocycles. The molecule has 0 bridgehead atoms. The number of rotatable bonds is 16. The van der Waals surface area contributed by atoms with Gasteiger partial charge in [0.1, 0.15) is 6.04 Å². The Bertz CT molecular complexity index is 771. The second-order valence-corrected chi connectivity index (χ2v) is 7.95.